The van der Waals surface area contributed by atoms with Crippen molar-refractivity contribution < 1.29 is 18.0 Å². The average molecular weight is 608 g/mol. The smallest absolute Gasteiger partial charge is 0.384 e. The molecule has 4 nitrogen and oxygen atoms in total. The molecule has 8 heteroatoms. The number of carbonyl (C=O) groups excluding carboxylic acids is 1. The molecule has 3 aliphatic rings. The van der Waals surface area contributed by atoms with Crippen LogP contribution in [0.4, 0.5) is 13.2 Å². The molecule has 0 amide bonds. The molecule has 4 rings (SSSR count). The van der Waals surface area contributed by atoms with Gasteiger partial charge in [-0.25, -0.2) is 4.99 Å². The van der Waals surface area contributed by atoms with Gasteiger partial charge in [0.1, 0.15) is 17.5 Å². The lowest BCUT2D eigenvalue weighted by Crippen LogP contribution is -2.17. The van der Waals surface area contributed by atoms with Gasteiger partial charge < -0.3 is 5.73 Å². The van der Waals surface area contributed by atoms with Crippen molar-refractivity contribution in [2.24, 2.45) is 10.7 Å². The van der Waals surface area contributed by atoms with Crippen LogP contribution >= 0.6 is 11.8 Å². The molecular weight excluding hydrogens is 567 g/mol. The van der Waals surface area contributed by atoms with Crippen molar-refractivity contribution >= 4 is 40.9 Å². The molecule has 1 heterocycles. The van der Waals surface area contributed by atoms with Gasteiger partial charge in [0.05, 0.1) is 6.42 Å². The number of rotatable bonds is 9. The quantitative estimate of drug-likeness (QED) is 0.293. The molecule has 1 aromatic rings. The van der Waals surface area contributed by atoms with Crippen molar-refractivity contribution in [3.05, 3.63) is 86.9 Å². The molecule has 0 saturated carbocycles. The van der Waals surface area contributed by atoms with E-state index in [-0.39, 0.29) is 28.4 Å². The Hall–Kier alpha value is -3.39. The predicted octanol–water partition coefficient (Wildman–Crippen LogP) is 9.78. The number of aliphatic imine (C=N–C) groups is 1. The van der Waals surface area contributed by atoms with Crippen molar-refractivity contribution in [2.45, 2.75) is 95.5 Å². The molecule has 0 spiro atoms. The Balaban J connectivity index is 2.03. The number of carbonyl (C=O) groups is 1. The maximum absolute atomic E-state index is 13.8. The maximum Gasteiger partial charge on any atom is 0.393 e. The molecule has 2 aliphatic carbocycles. The molecule has 0 bridgehead atoms. The van der Waals surface area contributed by atoms with Gasteiger partial charge in [-0.05, 0) is 89.2 Å². The highest BCUT2D eigenvalue weighted by molar-refractivity contribution is 8.03. The van der Waals surface area contributed by atoms with Crippen LogP contribution < -0.4 is 5.73 Å². The van der Waals surface area contributed by atoms with Gasteiger partial charge in [-0.2, -0.15) is 13.2 Å². The molecule has 1 aliphatic heterocycles. The number of Topliss-reactive ketones (excluding diaryl/α,β-unsaturated/α-hetero) is 1. The van der Waals surface area contributed by atoms with E-state index in [1.54, 1.807) is 36.1 Å². The topological polar surface area (TPSA) is 79.3 Å². The van der Waals surface area contributed by atoms with Crippen molar-refractivity contribution in [3.63, 3.8) is 0 Å². The lowest BCUT2D eigenvalue weighted by Gasteiger charge is -2.29. The van der Waals surface area contributed by atoms with E-state index < -0.39 is 12.6 Å². The molecular formula is C35H40F3N3OS. The number of nitrogens with one attached hydrogen (secondary N) is 1. The Bertz CT molecular complexity index is 1520. The first-order valence-corrected chi connectivity index (χ1v) is 15.7. The minimum Gasteiger partial charge on any atom is -0.384 e. The number of benzene rings is 1. The average Bonchev–Trinajstić information content (AvgIpc) is 3.01. The van der Waals surface area contributed by atoms with Gasteiger partial charge in [0.25, 0.3) is 0 Å². The highest BCUT2D eigenvalue weighted by atomic mass is 32.2. The van der Waals surface area contributed by atoms with Crippen LogP contribution in [-0.2, 0) is 10.2 Å². The van der Waals surface area contributed by atoms with Gasteiger partial charge in [-0.1, -0.05) is 75.9 Å². The first kappa shape index (κ1) is 32.5. The summed E-state index contributed by atoms with van der Waals surface area (Å²) in [4.78, 5) is 18.6. The molecule has 43 heavy (non-hydrogen) atoms. The molecule has 0 atom stereocenters. The molecule has 0 fully saturated rings. The zero-order valence-corrected chi connectivity index (χ0v) is 26.1. The Labute approximate surface area is 257 Å². The maximum atomic E-state index is 13.8. The van der Waals surface area contributed by atoms with Crippen LogP contribution in [0.2, 0.25) is 0 Å². The number of hydrogen-bond acceptors (Lipinski definition) is 4. The van der Waals surface area contributed by atoms with Crippen molar-refractivity contribution in [2.75, 3.05) is 0 Å². The van der Waals surface area contributed by atoms with Gasteiger partial charge in [0.15, 0.2) is 0 Å². The molecule has 3 N–H and O–H groups in total. The monoisotopic (exact) mass is 607 g/mol. The number of alkyl halides is 3. The summed E-state index contributed by atoms with van der Waals surface area (Å²) in [6.07, 6.45) is 11.7. The predicted molar refractivity (Wildman–Crippen MR) is 173 cm³/mol. The second kappa shape index (κ2) is 13.5. The van der Waals surface area contributed by atoms with Crippen molar-refractivity contribution in [3.8, 4) is 0 Å². The van der Waals surface area contributed by atoms with E-state index in [9.17, 15) is 18.0 Å². The lowest BCUT2D eigenvalue weighted by molar-refractivity contribution is -0.126. The van der Waals surface area contributed by atoms with E-state index in [0.29, 0.717) is 36.8 Å². The summed E-state index contributed by atoms with van der Waals surface area (Å²) in [5, 5.41) is 8.34. The van der Waals surface area contributed by atoms with Crippen LogP contribution in [0.3, 0.4) is 0 Å². The summed E-state index contributed by atoms with van der Waals surface area (Å²) in [5.74, 6) is 0.182. The second-order valence-electron chi connectivity index (χ2n) is 11.8. The van der Waals surface area contributed by atoms with Crippen LogP contribution in [0.5, 0.6) is 0 Å². The minimum absolute atomic E-state index is 0.0402. The summed E-state index contributed by atoms with van der Waals surface area (Å²) >= 11 is 1.56. The Morgan fingerprint density at radius 1 is 1.07 bits per heavy atom. The normalized spacial score (nSPS) is 18.5. The summed E-state index contributed by atoms with van der Waals surface area (Å²) in [5.41, 5.74) is 11.1. The summed E-state index contributed by atoms with van der Waals surface area (Å²) < 4.78 is 41.3. The van der Waals surface area contributed by atoms with Crippen molar-refractivity contribution in [1.82, 2.24) is 0 Å². The number of amidine groups is 2. The Morgan fingerprint density at radius 2 is 1.81 bits per heavy atom. The summed E-state index contributed by atoms with van der Waals surface area (Å²) in [7, 11) is 0. The second-order valence-corrected chi connectivity index (χ2v) is 12.9. The van der Waals surface area contributed by atoms with Gasteiger partial charge in [0, 0.05) is 28.2 Å². The van der Waals surface area contributed by atoms with Gasteiger partial charge >= 0.3 is 6.18 Å². The number of halogens is 3. The highest BCUT2D eigenvalue weighted by Gasteiger charge is 2.32. The zero-order chi connectivity index (χ0) is 31.4. The molecule has 0 radical (unpaired) electrons. The van der Waals surface area contributed by atoms with E-state index in [1.807, 2.05) is 13.0 Å². The number of fused-ring (bicyclic) bond motifs is 1. The van der Waals surface area contributed by atoms with Crippen LogP contribution in [0.25, 0.3) is 11.6 Å². The van der Waals surface area contributed by atoms with E-state index >= 15 is 0 Å². The lowest BCUT2D eigenvalue weighted by atomic mass is 9.79. The number of thioether (sulfide) groups is 1. The molecule has 1 aromatic carbocycles. The number of ketones is 1. The number of nitrogens with two attached hydrogens (primary N) is 1. The van der Waals surface area contributed by atoms with Crippen molar-refractivity contribution in [1.29, 1.82) is 5.41 Å². The van der Waals surface area contributed by atoms with Crippen LogP contribution in [0.15, 0.2) is 80.1 Å². The fourth-order valence-corrected chi connectivity index (χ4v) is 6.64. The molecule has 0 aromatic heterocycles. The summed E-state index contributed by atoms with van der Waals surface area (Å²) in [6, 6.07) is 4.22. The van der Waals surface area contributed by atoms with Gasteiger partial charge in [-0.15, -0.1) is 0 Å². The minimum atomic E-state index is -4.38. The van der Waals surface area contributed by atoms with Gasteiger partial charge in [0.2, 0.25) is 0 Å². The van der Waals surface area contributed by atoms with Crippen LogP contribution in [0, 0.1) is 5.41 Å². The fraction of sp³-hybridized carbons (Fsp3) is 0.400. The van der Waals surface area contributed by atoms with Crippen LogP contribution in [-0.4, -0.2) is 23.6 Å². The standard InChI is InChI=1S/C35H40F3N3OS/c1-5-26(42)18-22-11-8-10-14-29(22)43-30-19-25(34(3,4)6-2)17-23-15-16-31(39)41-32(40)20-28(33(23)30)27-13-9-7-12-24(27)21-35(36,37)38/h7,11-12,14-17,19-20H,5-6,8-10,13,18,21H2,1-4H3,(H3,39,40,41)/b16-15+,28-20?. The van der Waals surface area contributed by atoms with E-state index in [4.69, 9.17) is 11.1 Å². The summed E-state index contributed by atoms with van der Waals surface area (Å²) in [6.45, 7) is 8.33. The van der Waals surface area contributed by atoms with E-state index in [2.05, 4.69) is 50.0 Å². The van der Waals surface area contributed by atoms with E-state index in [1.165, 1.54) is 0 Å². The third-order valence-corrected chi connectivity index (χ3v) is 9.41. The zero-order valence-electron chi connectivity index (χ0n) is 25.3. The Kier molecular flexibility index (Phi) is 10.2. The van der Waals surface area contributed by atoms with Gasteiger partial charge in [-0.3, -0.25) is 10.2 Å². The number of allylic oxidation sites excluding steroid dienone is 8. The third kappa shape index (κ3) is 8.17. The third-order valence-electron chi connectivity index (χ3n) is 8.22. The Morgan fingerprint density at radius 3 is 2.51 bits per heavy atom. The molecule has 0 saturated heterocycles. The largest absolute Gasteiger partial charge is 0.393 e. The van der Waals surface area contributed by atoms with E-state index in [0.717, 1.165) is 51.3 Å². The molecule has 228 valence electrons. The SMILES string of the molecule is CCC(=O)CC1=CCCC=C1Sc1cc(C(C)(C)CC)cc2c1C(C1=C(CC(F)(F)F)C=CCC1)=CC(N)=NC(=N)/C=C/2. The fourth-order valence-electron chi connectivity index (χ4n) is 5.40. The highest BCUT2D eigenvalue weighted by Crippen LogP contribution is 2.47. The number of nitrogens with zero attached hydrogens (tertiary/aromatic N) is 1. The first-order chi connectivity index (χ1) is 20.3. The first-order valence-electron chi connectivity index (χ1n) is 14.9. The van der Waals surface area contributed by atoms with Crippen LogP contribution in [0.1, 0.15) is 95.8 Å². The molecule has 0 unspecified atom stereocenters. The number of hydrogen-bond donors (Lipinski definition) is 2.